The summed E-state index contributed by atoms with van der Waals surface area (Å²) in [5, 5.41) is 6.09. The first-order valence-electron chi connectivity index (χ1n) is 8.06. The van der Waals surface area contributed by atoms with Gasteiger partial charge in [-0.25, -0.2) is 9.97 Å². The molecule has 2 rings (SSSR count). The van der Waals surface area contributed by atoms with Gasteiger partial charge in [0.25, 0.3) is 5.91 Å². The number of para-hydroxylation sites is 1. The molecule has 0 radical (unpaired) electrons. The molecule has 0 saturated heterocycles. The molecule has 1 aromatic heterocycles. The van der Waals surface area contributed by atoms with Crippen LogP contribution >= 0.6 is 0 Å². The number of aryl methyl sites for hydroxylation is 2. The summed E-state index contributed by atoms with van der Waals surface area (Å²) < 4.78 is 0. The van der Waals surface area contributed by atoms with Gasteiger partial charge in [0.05, 0.1) is 0 Å². The van der Waals surface area contributed by atoms with Gasteiger partial charge >= 0.3 is 0 Å². The number of carbonyl (C=O) groups excluding carboxylic acids is 1. The Morgan fingerprint density at radius 2 is 1.88 bits per heavy atom. The standard InChI is InChI=1S/C18H25N5O/c1-13-7-5-8-14(2)16(13)22-17(24)15-9-11-20-18(21-15)19-10-6-12-23(3)4/h5,7-9,11H,6,10,12H2,1-4H3,(H,22,24)(H,19,20,21). The minimum Gasteiger partial charge on any atom is -0.354 e. The fourth-order valence-electron chi connectivity index (χ4n) is 2.36. The molecule has 1 amide bonds. The number of rotatable bonds is 7. The first-order valence-corrected chi connectivity index (χ1v) is 8.06. The van der Waals surface area contributed by atoms with Crippen molar-refractivity contribution in [1.82, 2.24) is 14.9 Å². The lowest BCUT2D eigenvalue weighted by molar-refractivity contribution is 0.102. The summed E-state index contributed by atoms with van der Waals surface area (Å²) in [6.45, 7) is 5.69. The zero-order chi connectivity index (χ0) is 17.5. The van der Waals surface area contributed by atoms with Gasteiger partial charge in [0.1, 0.15) is 5.69 Å². The van der Waals surface area contributed by atoms with Crippen LogP contribution in [0.2, 0.25) is 0 Å². The van der Waals surface area contributed by atoms with Crippen LogP contribution in [0.4, 0.5) is 11.6 Å². The van der Waals surface area contributed by atoms with E-state index in [4.69, 9.17) is 0 Å². The van der Waals surface area contributed by atoms with Gasteiger partial charge in [-0.15, -0.1) is 0 Å². The van der Waals surface area contributed by atoms with E-state index >= 15 is 0 Å². The lowest BCUT2D eigenvalue weighted by atomic mass is 10.1. The second-order valence-electron chi connectivity index (χ2n) is 6.07. The Morgan fingerprint density at radius 1 is 1.17 bits per heavy atom. The molecule has 128 valence electrons. The Labute approximate surface area is 143 Å². The van der Waals surface area contributed by atoms with Crippen LogP contribution in [0.15, 0.2) is 30.5 Å². The maximum Gasteiger partial charge on any atom is 0.274 e. The maximum atomic E-state index is 12.5. The predicted molar refractivity (Wildman–Crippen MR) is 97.6 cm³/mol. The Kier molecular flexibility index (Phi) is 6.26. The Balaban J connectivity index is 2.01. The number of carbonyl (C=O) groups is 1. The molecule has 0 aliphatic carbocycles. The zero-order valence-corrected chi connectivity index (χ0v) is 14.8. The van der Waals surface area contributed by atoms with E-state index in [9.17, 15) is 4.79 Å². The first kappa shape index (κ1) is 17.9. The maximum absolute atomic E-state index is 12.5. The summed E-state index contributed by atoms with van der Waals surface area (Å²) >= 11 is 0. The summed E-state index contributed by atoms with van der Waals surface area (Å²) in [5.41, 5.74) is 3.24. The molecule has 1 heterocycles. The monoisotopic (exact) mass is 327 g/mol. The quantitative estimate of drug-likeness (QED) is 0.765. The third-order valence-electron chi connectivity index (χ3n) is 3.67. The highest BCUT2D eigenvalue weighted by Crippen LogP contribution is 2.20. The molecule has 2 N–H and O–H groups in total. The molecule has 0 fully saturated rings. The summed E-state index contributed by atoms with van der Waals surface area (Å²) in [6.07, 6.45) is 2.58. The van der Waals surface area contributed by atoms with Gasteiger partial charge in [-0.2, -0.15) is 0 Å². The predicted octanol–water partition coefficient (Wildman–Crippen LogP) is 2.71. The van der Waals surface area contributed by atoms with E-state index in [1.807, 2.05) is 46.1 Å². The third-order valence-corrected chi connectivity index (χ3v) is 3.67. The average molecular weight is 327 g/mol. The van der Waals surface area contributed by atoms with Crippen molar-refractivity contribution in [2.75, 3.05) is 37.8 Å². The van der Waals surface area contributed by atoms with Crippen LogP contribution in [0.25, 0.3) is 0 Å². The SMILES string of the molecule is Cc1cccc(C)c1NC(=O)c1ccnc(NCCCN(C)C)n1. The second-order valence-corrected chi connectivity index (χ2v) is 6.07. The van der Waals surface area contributed by atoms with Crippen LogP contribution in [0.3, 0.4) is 0 Å². The van der Waals surface area contributed by atoms with Crippen molar-refractivity contribution in [3.05, 3.63) is 47.3 Å². The van der Waals surface area contributed by atoms with Crippen molar-refractivity contribution in [2.24, 2.45) is 0 Å². The van der Waals surface area contributed by atoms with Crippen molar-refractivity contribution in [3.63, 3.8) is 0 Å². The van der Waals surface area contributed by atoms with E-state index in [-0.39, 0.29) is 5.91 Å². The van der Waals surface area contributed by atoms with E-state index in [0.717, 1.165) is 36.3 Å². The Morgan fingerprint density at radius 3 is 2.54 bits per heavy atom. The molecule has 0 aliphatic rings. The van der Waals surface area contributed by atoms with E-state index in [2.05, 4.69) is 25.5 Å². The fourth-order valence-corrected chi connectivity index (χ4v) is 2.36. The molecule has 6 nitrogen and oxygen atoms in total. The molecule has 6 heteroatoms. The molecule has 0 spiro atoms. The Hall–Kier alpha value is -2.47. The number of hydrogen-bond donors (Lipinski definition) is 2. The summed E-state index contributed by atoms with van der Waals surface area (Å²) in [7, 11) is 4.07. The van der Waals surface area contributed by atoms with Gasteiger partial charge in [0.2, 0.25) is 5.95 Å². The molecule has 0 aliphatic heterocycles. The molecule has 0 saturated carbocycles. The average Bonchev–Trinajstić information content (AvgIpc) is 2.55. The molecule has 0 unspecified atom stereocenters. The lowest BCUT2D eigenvalue weighted by Gasteiger charge is -2.12. The summed E-state index contributed by atoms with van der Waals surface area (Å²) in [5.74, 6) is 0.244. The normalized spacial score (nSPS) is 10.7. The Bertz CT molecular complexity index is 679. The van der Waals surface area contributed by atoms with Crippen molar-refractivity contribution >= 4 is 17.5 Å². The largest absolute Gasteiger partial charge is 0.354 e. The second kappa shape index (κ2) is 8.40. The van der Waals surface area contributed by atoms with Crippen LogP contribution in [0.1, 0.15) is 28.0 Å². The van der Waals surface area contributed by atoms with Gasteiger partial charge in [0, 0.05) is 18.4 Å². The molecule has 24 heavy (non-hydrogen) atoms. The highest BCUT2D eigenvalue weighted by Gasteiger charge is 2.11. The van der Waals surface area contributed by atoms with E-state index in [1.54, 1.807) is 12.3 Å². The molecule has 0 bridgehead atoms. The van der Waals surface area contributed by atoms with Gasteiger partial charge in [0.15, 0.2) is 0 Å². The number of nitrogens with one attached hydrogen (secondary N) is 2. The minimum absolute atomic E-state index is 0.230. The summed E-state index contributed by atoms with van der Waals surface area (Å²) in [6, 6.07) is 7.54. The lowest BCUT2D eigenvalue weighted by Crippen LogP contribution is -2.18. The molecular weight excluding hydrogens is 302 g/mol. The van der Waals surface area contributed by atoms with E-state index in [1.165, 1.54) is 0 Å². The number of aromatic nitrogens is 2. The topological polar surface area (TPSA) is 70.2 Å². The first-order chi connectivity index (χ1) is 11.5. The highest BCUT2D eigenvalue weighted by atomic mass is 16.1. The number of benzene rings is 1. The smallest absolute Gasteiger partial charge is 0.274 e. The number of anilines is 2. The number of amides is 1. The highest BCUT2D eigenvalue weighted by molar-refractivity contribution is 6.03. The van der Waals surface area contributed by atoms with Gasteiger partial charge in [-0.3, -0.25) is 4.79 Å². The van der Waals surface area contributed by atoms with E-state index < -0.39 is 0 Å². The van der Waals surface area contributed by atoms with Gasteiger partial charge < -0.3 is 15.5 Å². The van der Waals surface area contributed by atoms with Crippen LogP contribution in [0, 0.1) is 13.8 Å². The van der Waals surface area contributed by atoms with Crippen LogP contribution in [-0.4, -0.2) is 48.0 Å². The van der Waals surface area contributed by atoms with Crippen molar-refractivity contribution in [1.29, 1.82) is 0 Å². The summed E-state index contributed by atoms with van der Waals surface area (Å²) in [4.78, 5) is 23.0. The van der Waals surface area contributed by atoms with Crippen molar-refractivity contribution < 1.29 is 4.79 Å². The third kappa shape index (κ3) is 5.03. The molecular formula is C18H25N5O. The molecule has 0 atom stereocenters. The van der Waals surface area contributed by atoms with Crippen LogP contribution in [-0.2, 0) is 0 Å². The fraction of sp³-hybridized carbons (Fsp3) is 0.389. The number of nitrogens with zero attached hydrogens (tertiary/aromatic N) is 3. The van der Waals surface area contributed by atoms with Crippen molar-refractivity contribution in [2.45, 2.75) is 20.3 Å². The van der Waals surface area contributed by atoms with Gasteiger partial charge in [-0.1, -0.05) is 18.2 Å². The number of hydrogen-bond acceptors (Lipinski definition) is 5. The van der Waals surface area contributed by atoms with Crippen LogP contribution < -0.4 is 10.6 Å². The van der Waals surface area contributed by atoms with E-state index in [0.29, 0.717) is 11.6 Å². The van der Waals surface area contributed by atoms with Crippen LogP contribution in [0.5, 0.6) is 0 Å². The zero-order valence-electron chi connectivity index (χ0n) is 14.8. The molecule has 1 aromatic carbocycles. The van der Waals surface area contributed by atoms with Crippen molar-refractivity contribution in [3.8, 4) is 0 Å². The van der Waals surface area contributed by atoms with Gasteiger partial charge in [-0.05, 0) is 58.1 Å². The minimum atomic E-state index is -0.230. The molecule has 2 aromatic rings.